The van der Waals surface area contributed by atoms with Gasteiger partial charge in [0.2, 0.25) is 0 Å². The molecular formula is C17H16Cl2N2. The quantitative estimate of drug-likeness (QED) is 0.731. The van der Waals surface area contributed by atoms with E-state index in [-0.39, 0.29) is 18.3 Å². The van der Waals surface area contributed by atoms with Crippen LogP contribution in [0.25, 0.3) is 0 Å². The number of imidazole rings is 1. The average Bonchev–Trinajstić information content (AvgIpc) is 3.00. The van der Waals surface area contributed by atoms with Crippen molar-refractivity contribution >= 4 is 24.0 Å². The van der Waals surface area contributed by atoms with Gasteiger partial charge in [-0.05, 0) is 17.2 Å². The Morgan fingerprint density at radius 2 is 1.71 bits per heavy atom. The van der Waals surface area contributed by atoms with Crippen molar-refractivity contribution in [3.63, 3.8) is 0 Å². The molecule has 0 amide bonds. The maximum absolute atomic E-state index is 6.38. The van der Waals surface area contributed by atoms with Crippen molar-refractivity contribution in [3.8, 4) is 0 Å². The highest BCUT2D eigenvalue weighted by Gasteiger charge is 2.17. The molecule has 1 atom stereocenters. The van der Waals surface area contributed by atoms with E-state index in [1.807, 2.05) is 30.5 Å². The Morgan fingerprint density at radius 1 is 1.00 bits per heavy atom. The molecule has 1 unspecified atom stereocenters. The lowest BCUT2D eigenvalue weighted by atomic mass is 9.87. The lowest BCUT2D eigenvalue weighted by molar-refractivity contribution is 0.788. The van der Waals surface area contributed by atoms with Crippen LogP contribution in [-0.4, -0.2) is 9.97 Å². The minimum absolute atomic E-state index is 0. The first-order valence-corrected chi connectivity index (χ1v) is 6.99. The van der Waals surface area contributed by atoms with E-state index in [4.69, 9.17) is 11.6 Å². The number of nitrogens with one attached hydrogen (secondary N) is 1. The molecule has 3 rings (SSSR count). The maximum atomic E-state index is 6.38. The predicted molar refractivity (Wildman–Crippen MR) is 89.3 cm³/mol. The zero-order chi connectivity index (χ0) is 13.8. The van der Waals surface area contributed by atoms with Crippen molar-refractivity contribution in [2.75, 3.05) is 0 Å². The lowest BCUT2D eigenvalue weighted by Crippen LogP contribution is -2.06. The smallest absolute Gasteiger partial charge is 0.0921 e. The second-order valence-corrected chi connectivity index (χ2v) is 5.17. The fraction of sp³-hybridized carbons (Fsp3) is 0.118. The van der Waals surface area contributed by atoms with E-state index in [0.717, 1.165) is 22.7 Å². The van der Waals surface area contributed by atoms with Crippen LogP contribution in [0.15, 0.2) is 67.1 Å². The number of aromatic amines is 1. The van der Waals surface area contributed by atoms with Gasteiger partial charge < -0.3 is 4.98 Å². The minimum atomic E-state index is 0. The van der Waals surface area contributed by atoms with Crippen LogP contribution in [0.5, 0.6) is 0 Å². The van der Waals surface area contributed by atoms with E-state index < -0.39 is 0 Å². The Hall–Kier alpha value is -1.77. The molecule has 1 aromatic heterocycles. The van der Waals surface area contributed by atoms with Gasteiger partial charge in [-0.2, -0.15) is 0 Å². The second-order valence-electron chi connectivity index (χ2n) is 4.77. The summed E-state index contributed by atoms with van der Waals surface area (Å²) >= 11 is 6.38. The Bertz CT molecular complexity index is 666. The third-order valence-electron chi connectivity index (χ3n) is 3.46. The summed E-state index contributed by atoms with van der Waals surface area (Å²) in [5.41, 5.74) is 3.52. The van der Waals surface area contributed by atoms with Gasteiger partial charge >= 0.3 is 0 Å². The van der Waals surface area contributed by atoms with Gasteiger partial charge in [-0.15, -0.1) is 12.4 Å². The summed E-state index contributed by atoms with van der Waals surface area (Å²) in [6, 6.07) is 18.5. The van der Waals surface area contributed by atoms with Crippen LogP contribution in [0.2, 0.25) is 5.02 Å². The van der Waals surface area contributed by atoms with E-state index in [2.05, 4.69) is 40.3 Å². The molecule has 4 heteroatoms. The van der Waals surface area contributed by atoms with E-state index >= 15 is 0 Å². The maximum Gasteiger partial charge on any atom is 0.0921 e. The zero-order valence-corrected chi connectivity index (χ0v) is 12.9. The van der Waals surface area contributed by atoms with Crippen LogP contribution in [0.3, 0.4) is 0 Å². The van der Waals surface area contributed by atoms with Gasteiger partial charge in [0.15, 0.2) is 0 Å². The molecule has 21 heavy (non-hydrogen) atoms. The number of hydrogen-bond donors (Lipinski definition) is 1. The SMILES string of the molecule is Cl.Clc1ccccc1C(Cc1cnc[nH]1)c1ccccc1. The average molecular weight is 319 g/mol. The molecule has 1 heterocycles. The van der Waals surface area contributed by atoms with Gasteiger partial charge in [-0.3, -0.25) is 0 Å². The van der Waals surface area contributed by atoms with E-state index in [1.54, 1.807) is 6.33 Å². The molecule has 0 fully saturated rings. The predicted octanol–water partition coefficient (Wildman–Crippen LogP) is 4.86. The summed E-state index contributed by atoms with van der Waals surface area (Å²) in [5, 5.41) is 0.806. The molecular weight excluding hydrogens is 303 g/mol. The summed E-state index contributed by atoms with van der Waals surface area (Å²) in [7, 11) is 0. The Labute approximate surface area is 135 Å². The molecule has 2 aromatic carbocycles. The standard InChI is InChI=1S/C17H15ClN2.ClH/c18-17-9-5-4-8-15(17)16(10-14-11-19-12-20-14)13-6-2-1-3-7-13;/h1-9,11-12,16H,10H2,(H,19,20);1H. The molecule has 0 aliphatic carbocycles. The second kappa shape index (κ2) is 7.30. The normalized spacial score (nSPS) is 11.7. The van der Waals surface area contributed by atoms with Gasteiger partial charge in [0.1, 0.15) is 0 Å². The van der Waals surface area contributed by atoms with Crippen LogP contribution in [0.1, 0.15) is 22.7 Å². The molecule has 0 saturated carbocycles. The monoisotopic (exact) mass is 318 g/mol. The molecule has 1 N–H and O–H groups in total. The van der Waals surface area contributed by atoms with Crippen LogP contribution >= 0.6 is 24.0 Å². The highest BCUT2D eigenvalue weighted by molar-refractivity contribution is 6.31. The third kappa shape index (κ3) is 3.66. The lowest BCUT2D eigenvalue weighted by Gasteiger charge is -2.18. The largest absolute Gasteiger partial charge is 0.348 e. The Morgan fingerprint density at radius 3 is 2.38 bits per heavy atom. The summed E-state index contributed by atoms with van der Waals surface area (Å²) in [5.74, 6) is 0.227. The first-order chi connectivity index (χ1) is 9.84. The van der Waals surface area contributed by atoms with E-state index in [0.29, 0.717) is 0 Å². The van der Waals surface area contributed by atoms with Crippen molar-refractivity contribution in [1.82, 2.24) is 9.97 Å². The topological polar surface area (TPSA) is 28.7 Å². The van der Waals surface area contributed by atoms with Crippen molar-refractivity contribution in [2.24, 2.45) is 0 Å². The number of halogens is 2. The zero-order valence-electron chi connectivity index (χ0n) is 11.4. The first-order valence-electron chi connectivity index (χ1n) is 6.61. The van der Waals surface area contributed by atoms with Crippen molar-refractivity contribution in [1.29, 1.82) is 0 Å². The molecule has 0 radical (unpaired) electrons. The van der Waals surface area contributed by atoms with E-state index in [1.165, 1.54) is 5.56 Å². The summed E-state index contributed by atoms with van der Waals surface area (Å²) < 4.78 is 0. The summed E-state index contributed by atoms with van der Waals surface area (Å²) in [6.07, 6.45) is 4.44. The fourth-order valence-electron chi connectivity index (χ4n) is 2.47. The van der Waals surface area contributed by atoms with Crippen LogP contribution in [0.4, 0.5) is 0 Å². The number of hydrogen-bond acceptors (Lipinski definition) is 1. The third-order valence-corrected chi connectivity index (χ3v) is 3.81. The minimum Gasteiger partial charge on any atom is -0.348 e. The fourth-order valence-corrected chi connectivity index (χ4v) is 2.73. The summed E-state index contributed by atoms with van der Waals surface area (Å²) in [4.78, 5) is 7.27. The van der Waals surface area contributed by atoms with Crippen molar-refractivity contribution in [3.05, 3.63) is 89.0 Å². The van der Waals surface area contributed by atoms with Crippen molar-refractivity contribution in [2.45, 2.75) is 12.3 Å². The number of aromatic nitrogens is 2. The summed E-state index contributed by atoms with van der Waals surface area (Å²) in [6.45, 7) is 0. The number of H-pyrrole nitrogens is 1. The van der Waals surface area contributed by atoms with Gasteiger partial charge in [0.25, 0.3) is 0 Å². The molecule has 2 nitrogen and oxygen atoms in total. The Kier molecular flexibility index (Phi) is 5.43. The molecule has 3 aromatic rings. The van der Waals surface area contributed by atoms with Crippen molar-refractivity contribution < 1.29 is 0 Å². The molecule has 0 aliphatic rings. The number of benzene rings is 2. The molecule has 108 valence electrons. The molecule has 0 bridgehead atoms. The van der Waals surface area contributed by atoms with Gasteiger partial charge in [-0.25, -0.2) is 4.98 Å². The molecule has 0 spiro atoms. The number of rotatable bonds is 4. The van der Waals surface area contributed by atoms with Crippen LogP contribution in [-0.2, 0) is 6.42 Å². The van der Waals surface area contributed by atoms with Crippen LogP contribution in [0, 0.1) is 0 Å². The van der Waals surface area contributed by atoms with Crippen LogP contribution < -0.4 is 0 Å². The molecule has 0 saturated heterocycles. The number of nitrogens with zero attached hydrogens (tertiary/aromatic N) is 1. The Balaban J connectivity index is 0.00000161. The molecule has 0 aliphatic heterocycles. The van der Waals surface area contributed by atoms with Gasteiger partial charge in [0, 0.05) is 29.3 Å². The van der Waals surface area contributed by atoms with E-state index in [9.17, 15) is 0 Å². The highest BCUT2D eigenvalue weighted by Crippen LogP contribution is 2.32. The van der Waals surface area contributed by atoms with Gasteiger partial charge in [0.05, 0.1) is 6.33 Å². The first kappa shape index (κ1) is 15.6. The van der Waals surface area contributed by atoms with Gasteiger partial charge in [-0.1, -0.05) is 60.1 Å². The highest BCUT2D eigenvalue weighted by atomic mass is 35.5.